The zero-order chi connectivity index (χ0) is 24.8. The number of hydrogen-bond acceptors (Lipinski definition) is 5. The summed E-state index contributed by atoms with van der Waals surface area (Å²) in [5, 5.41) is 7.85. The van der Waals surface area contributed by atoms with Crippen molar-refractivity contribution in [3.8, 4) is 5.75 Å². The lowest BCUT2D eigenvalue weighted by molar-refractivity contribution is 0.0941. The third-order valence-corrected chi connectivity index (χ3v) is 6.73. The van der Waals surface area contributed by atoms with Gasteiger partial charge in [-0.1, -0.05) is 32.0 Å². The monoisotopic (exact) mass is 475 g/mol. The van der Waals surface area contributed by atoms with E-state index in [0.717, 1.165) is 55.8 Å². The topological polar surface area (TPSA) is 72.3 Å². The first kappa shape index (κ1) is 24.9. The van der Waals surface area contributed by atoms with Gasteiger partial charge in [0.15, 0.2) is 5.69 Å². The Bertz CT molecular complexity index is 1110. The molecule has 0 saturated heterocycles. The molecule has 35 heavy (non-hydrogen) atoms. The molecule has 0 spiro atoms. The smallest absolute Gasteiger partial charge is 0.272 e. The van der Waals surface area contributed by atoms with Gasteiger partial charge < -0.3 is 10.1 Å². The van der Waals surface area contributed by atoms with Crippen molar-refractivity contribution in [3.05, 3.63) is 76.9 Å². The Balaban J connectivity index is 1.45. The maximum absolute atomic E-state index is 13.2. The Labute approximate surface area is 208 Å². The van der Waals surface area contributed by atoms with E-state index < -0.39 is 0 Å². The Hall–Kier alpha value is -3.19. The Kier molecular flexibility index (Phi) is 8.18. The number of aromatic nitrogens is 3. The molecular weight excluding hydrogens is 438 g/mol. The Morgan fingerprint density at radius 1 is 1.14 bits per heavy atom. The zero-order valence-electron chi connectivity index (χ0n) is 21.3. The second kappa shape index (κ2) is 11.5. The number of rotatable bonds is 10. The number of fused-ring (bicyclic) bond motifs is 1. The van der Waals surface area contributed by atoms with Crippen molar-refractivity contribution in [1.29, 1.82) is 0 Å². The molecule has 0 saturated carbocycles. The molecule has 2 aromatic heterocycles. The van der Waals surface area contributed by atoms with Gasteiger partial charge in [0.25, 0.3) is 5.91 Å². The molecule has 1 aromatic carbocycles. The van der Waals surface area contributed by atoms with Gasteiger partial charge in [-0.3, -0.25) is 19.4 Å². The molecule has 186 valence electrons. The number of carbonyl (C=O) groups is 1. The molecule has 0 radical (unpaired) electrons. The highest BCUT2D eigenvalue weighted by Crippen LogP contribution is 2.26. The second-order valence-corrected chi connectivity index (χ2v) is 9.85. The number of methoxy groups -OCH3 is 1. The van der Waals surface area contributed by atoms with Gasteiger partial charge in [-0.15, -0.1) is 0 Å². The van der Waals surface area contributed by atoms with E-state index in [1.54, 1.807) is 19.5 Å². The summed E-state index contributed by atoms with van der Waals surface area (Å²) in [5.41, 5.74) is 5.15. The summed E-state index contributed by atoms with van der Waals surface area (Å²) in [6, 6.07) is 12.6. The quantitative estimate of drug-likeness (QED) is 0.475. The molecule has 1 N–H and O–H groups in total. The largest absolute Gasteiger partial charge is 0.497 e. The highest BCUT2D eigenvalue weighted by molar-refractivity contribution is 5.94. The van der Waals surface area contributed by atoms with Crippen LogP contribution in [-0.2, 0) is 32.5 Å². The molecule has 3 heterocycles. The predicted octanol–water partition coefficient (Wildman–Crippen LogP) is 4.25. The molecule has 0 bridgehead atoms. The normalized spacial score (nSPS) is 14.5. The lowest BCUT2D eigenvalue weighted by atomic mass is 9.99. The van der Waals surface area contributed by atoms with Gasteiger partial charge in [-0.2, -0.15) is 5.10 Å². The van der Waals surface area contributed by atoms with Gasteiger partial charge >= 0.3 is 0 Å². The molecule has 0 aliphatic carbocycles. The molecule has 7 nitrogen and oxygen atoms in total. The van der Waals surface area contributed by atoms with Crippen molar-refractivity contribution in [2.45, 2.75) is 65.7 Å². The summed E-state index contributed by atoms with van der Waals surface area (Å²) in [6.45, 7) is 9.67. The Morgan fingerprint density at radius 3 is 2.63 bits per heavy atom. The number of carbonyl (C=O) groups excluding carboxylic acids is 1. The fraction of sp³-hybridized carbons (Fsp3) is 0.464. The number of nitrogens with one attached hydrogen (secondary N) is 1. The van der Waals surface area contributed by atoms with Gasteiger partial charge in [0.05, 0.1) is 7.11 Å². The Morgan fingerprint density at radius 2 is 1.94 bits per heavy atom. The number of aryl methyl sites for hydroxylation is 1. The van der Waals surface area contributed by atoms with Crippen LogP contribution in [0.4, 0.5) is 0 Å². The van der Waals surface area contributed by atoms with E-state index >= 15 is 0 Å². The number of ether oxygens (including phenoxy) is 1. The minimum atomic E-state index is -0.111. The van der Waals surface area contributed by atoms with E-state index in [1.807, 2.05) is 24.3 Å². The highest BCUT2D eigenvalue weighted by atomic mass is 16.5. The van der Waals surface area contributed by atoms with Crippen LogP contribution >= 0.6 is 0 Å². The van der Waals surface area contributed by atoms with Crippen LogP contribution in [0.2, 0.25) is 0 Å². The lowest BCUT2D eigenvalue weighted by Gasteiger charge is -2.33. The highest BCUT2D eigenvalue weighted by Gasteiger charge is 2.30. The first-order chi connectivity index (χ1) is 16.9. The molecule has 0 unspecified atom stereocenters. The predicted molar refractivity (Wildman–Crippen MR) is 137 cm³/mol. The molecule has 7 heteroatoms. The minimum absolute atomic E-state index is 0.111. The van der Waals surface area contributed by atoms with Gasteiger partial charge in [-0.25, -0.2) is 0 Å². The first-order valence-corrected chi connectivity index (χ1v) is 12.6. The van der Waals surface area contributed by atoms with E-state index in [0.29, 0.717) is 24.2 Å². The fourth-order valence-corrected chi connectivity index (χ4v) is 4.69. The summed E-state index contributed by atoms with van der Waals surface area (Å²) in [6.07, 6.45) is 6.50. The van der Waals surface area contributed by atoms with Crippen LogP contribution < -0.4 is 10.1 Å². The minimum Gasteiger partial charge on any atom is -0.497 e. The number of benzene rings is 1. The van der Waals surface area contributed by atoms with Gasteiger partial charge in [-0.05, 0) is 55.0 Å². The SMILES string of the molecule is COc1ccc(CC[C@@H](C)N2CCc3c(c(C(=O)NCc4cccnc4)nn3CC(C)C)C2)cc1. The van der Waals surface area contributed by atoms with E-state index in [4.69, 9.17) is 9.84 Å². The van der Waals surface area contributed by atoms with Crippen LogP contribution in [0.5, 0.6) is 5.75 Å². The van der Waals surface area contributed by atoms with Crippen molar-refractivity contribution >= 4 is 5.91 Å². The molecule has 1 amide bonds. The third-order valence-electron chi connectivity index (χ3n) is 6.73. The summed E-state index contributed by atoms with van der Waals surface area (Å²) >= 11 is 0. The number of pyridine rings is 1. The third kappa shape index (κ3) is 6.28. The summed E-state index contributed by atoms with van der Waals surface area (Å²) in [7, 11) is 1.69. The van der Waals surface area contributed by atoms with Crippen LogP contribution in [0.1, 0.15) is 60.1 Å². The second-order valence-electron chi connectivity index (χ2n) is 9.85. The average molecular weight is 476 g/mol. The summed E-state index contributed by atoms with van der Waals surface area (Å²) in [5.74, 6) is 1.24. The molecule has 3 aromatic rings. The van der Waals surface area contributed by atoms with Crippen LogP contribution in [0.3, 0.4) is 0 Å². The lowest BCUT2D eigenvalue weighted by Crippen LogP contribution is -2.39. The molecule has 1 aliphatic heterocycles. The van der Waals surface area contributed by atoms with Crippen molar-refractivity contribution in [3.63, 3.8) is 0 Å². The summed E-state index contributed by atoms with van der Waals surface area (Å²) in [4.78, 5) is 19.8. The molecule has 0 fully saturated rings. The molecule has 1 atom stereocenters. The van der Waals surface area contributed by atoms with E-state index in [-0.39, 0.29) is 5.91 Å². The van der Waals surface area contributed by atoms with Crippen LogP contribution in [-0.4, -0.2) is 45.3 Å². The van der Waals surface area contributed by atoms with Crippen molar-refractivity contribution in [2.24, 2.45) is 5.92 Å². The maximum atomic E-state index is 13.2. The molecular formula is C28H37N5O2. The maximum Gasteiger partial charge on any atom is 0.272 e. The van der Waals surface area contributed by atoms with Crippen molar-refractivity contribution in [2.75, 3.05) is 13.7 Å². The van der Waals surface area contributed by atoms with E-state index in [2.05, 4.69) is 52.8 Å². The number of amides is 1. The molecule has 4 rings (SSSR count). The van der Waals surface area contributed by atoms with Gasteiger partial charge in [0, 0.05) is 62.3 Å². The molecule has 1 aliphatic rings. The number of hydrogen-bond donors (Lipinski definition) is 1. The van der Waals surface area contributed by atoms with E-state index in [1.165, 1.54) is 11.3 Å². The average Bonchev–Trinajstić information content (AvgIpc) is 3.23. The van der Waals surface area contributed by atoms with Gasteiger partial charge in [0.1, 0.15) is 5.75 Å². The van der Waals surface area contributed by atoms with Crippen LogP contribution in [0.15, 0.2) is 48.8 Å². The van der Waals surface area contributed by atoms with Crippen LogP contribution in [0.25, 0.3) is 0 Å². The van der Waals surface area contributed by atoms with Crippen LogP contribution in [0, 0.1) is 5.92 Å². The van der Waals surface area contributed by atoms with Crippen molar-refractivity contribution < 1.29 is 9.53 Å². The fourth-order valence-electron chi connectivity index (χ4n) is 4.69. The van der Waals surface area contributed by atoms with Gasteiger partial charge in [0.2, 0.25) is 0 Å². The standard InChI is InChI=1S/C28H37N5O2/c1-20(2)18-33-26-13-15-32(21(3)7-8-22-9-11-24(35-4)12-10-22)19-25(26)27(31-33)28(34)30-17-23-6-5-14-29-16-23/h5-6,9-12,14,16,20-21H,7-8,13,15,17-19H2,1-4H3,(H,30,34)/t21-/m1/s1. The summed E-state index contributed by atoms with van der Waals surface area (Å²) < 4.78 is 7.34. The zero-order valence-corrected chi connectivity index (χ0v) is 21.3. The number of nitrogens with zero attached hydrogens (tertiary/aromatic N) is 4. The van der Waals surface area contributed by atoms with Crippen molar-refractivity contribution in [1.82, 2.24) is 25.0 Å². The van der Waals surface area contributed by atoms with E-state index in [9.17, 15) is 4.79 Å². The first-order valence-electron chi connectivity index (χ1n) is 12.6.